The van der Waals surface area contributed by atoms with Gasteiger partial charge >= 0.3 is 0 Å². The van der Waals surface area contributed by atoms with E-state index < -0.39 is 10.8 Å². The van der Waals surface area contributed by atoms with Crippen LogP contribution < -0.4 is 15.9 Å². The zero-order chi connectivity index (χ0) is 65.8. The van der Waals surface area contributed by atoms with Crippen LogP contribution in [-0.2, 0) is 44.9 Å². The van der Waals surface area contributed by atoms with Gasteiger partial charge in [-0.1, -0.05) is 71.7 Å². The number of carbonyl (C=O) groups excluding carboxylic acids is 4. The molecular formula is C69H56Cl2F2N12O8. The Bertz CT molecular complexity index is 4710. The van der Waals surface area contributed by atoms with Gasteiger partial charge in [0.2, 0.25) is 5.88 Å². The summed E-state index contributed by atoms with van der Waals surface area (Å²) < 4.78 is 32.0. The molecule has 20 nitrogen and oxygen atoms in total. The number of hydrogen-bond donors (Lipinski definition) is 3. The molecule has 8 heterocycles. The van der Waals surface area contributed by atoms with E-state index >= 15 is 0 Å². The van der Waals surface area contributed by atoms with E-state index in [-0.39, 0.29) is 77.3 Å². The van der Waals surface area contributed by atoms with Gasteiger partial charge in [0, 0.05) is 73.6 Å². The van der Waals surface area contributed by atoms with E-state index in [1.165, 1.54) is 74.1 Å². The molecule has 24 heteroatoms. The molecule has 0 bridgehead atoms. The average Bonchev–Trinajstić information content (AvgIpc) is 1.59. The van der Waals surface area contributed by atoms with E-state index in [2.05, 4.69) is 59.8 Å². The van der Waals surface area contributed by atoms with Crippen molar-refractivity contribution in [3.63, 3.8) is 0 Å². The molecule has 2 fully saturated rings. The number of Topliss-reactive ketones (excluding diaryl/α,β-unsaturated/α-hetero) is 4. The maximum absolute atomic E-state index is 13.1. The van der Waals surface area contributed by atoms with Crippen molar-refractivity contribution in [1.29, 1.82) is 0 Å². The Morgan fingerprint density at radius 1 is 0.462 bits per heavy atom. The molecule has 2 aliphatic carbocycles. The number of hydrogen-bond acceptors (Lipinski definition) is 18. The largest absolute Gasteiger partial charge is 0.508 e. The molecule has 0 spiro atoms. The predicted molar refractivity (Wildman–Crippen MR) is 345 cm³/mol. The van der Waals surface area contributed by atoms with Gasteiger partial charge in [0.05, 0.1) is 67.1 Å². The van der Waals surface area contributed by atoms with Crippen LogP contribution >= 0.6 is 23.2 Å². The number of H-pyrrole nitrogens is 2. The van der Waals surface area contributed by atoms with Crippen molar-refractivity contribution < 1.29 is 37.8 Å². The van der Waals surface area contributed by atoms with Crippen molar-refractivity contribution in [2.24, 2.45) is 10.8 Å². The van der Waals surface area contributed by atoms with Gasteiger partial charge in [0.15, 0.2) is 23.1 Å². The van der Waals surface area contributed by atoms with Crippen LogP contribution in [0.5, 0.6) is 17.4 Å². The average molecular weight is 1290 g/mol. The van der Waals surface area contributed by atoms with Crippen molar-refractivity contribution in [3.8, 4) is 17.4 Å². The topological polar surface area (TPSA) is 292 Å². The minimum absolute atomic E-state index is 0.0727. The Kier molecular flexibility index (Phi) is 20.3. The normalized spacial score (nSPS) is 12.9. The summed E-state index contributed by atoms with van der Waals surface area (Å²) in [6.07, 6.45) is 14.9. The second-order valence-corrected chi connectivity index (χ2v) is 22.8. The molecule has 14 rings (SSSR count). The Morgan fingerprint density at radius 3 is 1.28 bits per heavy atom. The molecule has 0 radical (unpaired) electrons. The Hall–Kier alpha value is -10.8. The summed E-state index contributed by atoms with van der Waals surface area (Å²) in [5.74, 6) is 0.110. The fourth-order valence-corrected chi connectivity index (χ4v) is 10.2. The maximum atomic E-state index is 13.1. The molecule has 468 valence electrons. The molecule has 93 heavy (non-hydrogen) atoms. The van der Waals surface area contributed by atoms with E-state index in [1.807, 2.05) is 45.0 Å². The Labute approximate surface area is 538 Å². The third kappa shape index (κ3) is 16.6. The molecule has 0 aliphatic heterocycles. The van der Waals surface area contributed by atoms with Gasteiger partial charge in [-0.2, -0.15) is 0 Å². The van der Waals surface area contributed by atoms with Crippen LogP contribution in [0.2, 0.25) is 10.3 Å². The number of phenols is 1. The van der Waals surface area contributed by atoms with Gasteiger partial charge in [-0.25, -0.2) is 43.7 Å². The van der Waals surface area contributed by atoms with Crippen molar-refractivity contribution >= 4 is 89.9 Å². The molecule has 2 saturated carbocycles. The Morgan fingerprint density at radius 2 is 0.828 bits per heavy atom. The van der Waals surface area contributed by atoms with Gasteiger partial charge < -0.3 is 19.8 Å². The zero-order valence-corrected chi connectivity index (χ0v) is 51.6. The van der Waals surface area contributed by atoms with Crippen LogP contribution in [-0.4, -0.2) is 88.0 Å². The van der Waals surface area contributed by atoms with Gasteiger partial charge in [0.25, 0.3) is 11.1 Å². The number of ether oxygens (including phenoxy) is 1. The van der Waals surface area contributed by atoms with Crippen molar-refractivity contribution in [2.75, 3.05) is 0 Å². The monoisotopic (exact) mass is 1290 g/mol. The molecule has 0 unspecified atom stereocenters. The number of aromatic amines is 2. The molecule has 12 aromatic rings. The fourth-order valence-electron chi connectivity index (χ4n) is 9.84. The van der Waals surface area contributed by atoms with Gasteiger partial charge in [-0.05, 0) is 135 Å². The van der Waals surface area contributed by atoms with E-state index in [0.29, 0.717) is 74.8 Å². The number of pyridine rings is 4. The second-order valence-electron chi connectivity index (χ2n) is 22.1. The third-order valence-electron chi connectivity index (χ3n) is 15.4. The van der Waals surface area contributed by atoms with E-state index in [4.69, 9.17) is 27.9 Å². The number of aromatic hydroxyl groups is 1. The van der Waals surface area contributed by atoms with Crippen LogP contribution in [0.25, 0.3) is 43.6 Å². The highest BCUT2D eigenvalue weighted by Crippen LogP contribution is 2.50. The maximum Gasteiger partial charge on any atom is 0.260 e. The van der Waals surface area contributed by atoms with Crippen LogP contribution in [0.4, 0.5) is 8.78 Å². The first-order valence-electron chi connectivity index (χ1n) is 29.0. The highest BCUT2D eigenvalue weighted by molar-refractivity contribution is 6.34. The highest BCUT2D eigenvalue weighted by atomic mass is 35.5. The third-order valence-corrected chi connectivity index (χ3v) is 15.9. The lowest BCUT2D eigenvalue weighted by molar-refractivity contribution is -0.135. The van der Waals surface area contributed by atoms with E-state index in [9.17, 15) is 42.7 Å². The molecule has 2 aliphatic rings. The van der Waals surface area contributed by atoms with E-state index in [1.54, 1.807) is 73.1 Å². The summed E-state index contributed by atoms with van der Waals surface area (Å²) >= 11 is 11.4. The number of rotatable bonds is 14. The van der Waals surface area contributed by atoms with E-state index in [0.717, 1.165) is 55.8 Å². The first-order chi connectivity index (χ1) is 44.7. The summed E-state index contributed by atoms with van der Waals surface area (Å²) in [4.78, 5) is 119. The van der Waals surface area contributed by atoms with Crippen LogP contribution in [0.3, 0.4) is 0 Å². The van der Waals surface area contributed by atoms with Crippen molar-refractivity contribution in [2.45, 2.75) is 72.1 Å². The summed E-state index contributed by atoms with van der Waals surface area (Å²) in [6, 6.07) is 32.3. The van der Waals surface area contributed by atoms with Crippen LogP contribution in [0.1, 0.15) is 65.0 Å². The molecule has 0 saturated heterocycles. The lowest BCUT2D eigenvalue weighted by Gasteiger charge is -2.13. The summed E-state index contributed by atoms with van der Waals surface area (Å²) in [6.45, 7) is 5.67. The lowest BCUT2D eigenvalue weighted by Crippen LogP contribution is -2.28. The highest BCUT2D eigenvalue weighted by Gasteiger charge is 2.55. The minimum Gasteiger partial charge on any atom is -0.508 e. The minimum atomic E-state index is -0.908. The smallest absolute Gasteiger partial charge is 0.260 e. The number of fused-ring (bicyclic) bond motifs is 4. The molecular weight excluding hydrogens is 1230 g/mol. The summed E-state index contributed by atoms with van der Waals surface area (Å²) in [5, 5.41) is 12.5. The molecule has 3 N–H and O–H groups in total. The van der Waals surface area contributed by atoms with Crippen molar-refractivity contribution in [3.05, 3.63) is 253 Å². The summed E-state index contributed by atoms with van der Waals surface area (Å²) in [5.41, 5.74) is 6.38. The predicted octanol–water partition coefficient (Wildman–Crippen LogP) is 11.8. The first-order valence-corrected chi connectivity index (χ1v) is 29.8. The number of aromatic nitrogens is 12. The zero-order valence-electron chi connectivity index (χ0n) is 50.1. The van der Waals surface area contributed by atoms with Gasteiger partial charge in [0.1, 0.15) is 46.1 Å². The number of nitrogens with one attached hydrogen (secondary N) is 2. The van der Waals surface area contributed by atoms with Gasteiger partial charge in [-0.15, -0.1) is 0 Å². The number of halogens is 4. The van der Waals surface area contributed by atoms with Gasteiger partial charge in [-0.3, -0.25) is 43.7 Å². The number of carbonyl (C=O) groups is 4. The van der Waals surface area contributed by atoms with Crippen LogP contribution in [0, 0.1) is 43.2 Å². The van der Waals surface area contributed by atoms with Crippen molar-refractivity contribution in [1.82, 2.24) is 59.8 Å². The molecule has 8 aromatic heterocycles. The Balaban J connectivity index is 0.000000137. The molecule has 0 amide bonds. The number of phenolic OH excluding ortho intramolecular Hbond substituents is 1. The summed E-state index contributed by atoms with van der Waals surface area (Å²) in [7, 11) is 0. The SMILES string of the molecule is Cc1cc2nc[nH]c(=O)c2cn1.Cc1cc2ncnc(Cl)c2cn1.Cc1cc2ncnc(Oc3ccc(CC(=O)C4(C(=O)Cc5ccc(F)cc5)CC4)cc3)c2cn1.O=C(Cc1ccc(O)cc1)C1(C(=O)Cc2ccc(F)cc2)CC1.O=c1[nH]cnc2cc(Cl)ncc12. The number of benzene rings is 4. The lowest BCUT2D eigenvalue weighted by atomic mass is 9.88. The second kappa shape index (κ2) is 29.0. The van der Waals surface area contributed by atoms with Crippen LogP contribution in [0.15, 0.2) is 181 Å². The molecule has 4 aromatic carbocycles. The standard InChI is InChI=1S/C27H22FN3O3.C19H17FO3.C8H6ClN3.C8H7N3O.C7H4ClN3O/c1-17-12-23-22(15-29-17)26(31-16-30-23)34-21-8-4-19(5-9-21)14-25(33)27(10-11-27)24(32)13-18-2-6-20(28)7-3-18;20-15-5-1-13(2-6-15)11-17(22)19(9-10-19)18(23)12-14-3-7-16(21)8-4-14;1-5-2-7-6(3-10-5)8(9)12-4-11-7;1-5-2-7-6(3-9-5)8(12)11-4-10-7;8-6-1-5-4(2-9-6)7(12)11-3-10-5/h2-9,12,15-16H,10-11,13-14H2,1H3;1-8,21H,9-12H2;2-4H,1H3;2-4H,1H3,(H,10,11,12);1-3H,(H,10,11,12). The number of nitrogens with zero attached hydrogens (tertiary/aromatic N) is 10. The number of ketones is 4. The fraction of sp³-hybridized carbons (Fsp3) is 0.188. The quantitative estimate of drug-likeness (QED) is 0.0518. The molecule has 0 atom stereocenters. The number of aryl methyl sites for hydroxylation is 3. The first kappa shape index (κ1) is 65.1.